The minimum atomic E-state index is -4.80. The highest BCUT2D eigenvalue weighted by molar-refractivity contribution is 5.94. The van der Waals surface area contributed by atoms with Gasteiger partial charge in [0.1, 0.15) is 42.3 Å². The average molecular weight is 485 g/mol. The lowest BCUT2D eigenvalue weighted by Gasteiger charge is -2.42. The van der Waals surface area contributed by atoms with E-state index in [0.717, 1.165) is 6.07 Å². The van der Waals surface area contributed by atoms with E-state index in [9.17, 15) is 26.7 Å². The maximum Gasteiger partial charge on any atom is 0.419 e. The van der Waals surface area contributed by atoms with Gasteiger partial charge in [0.2, 0.25) is 0 Å². The van der Waals surface area contributed by atoms with Gasteiger partial charge < -0.3 is 19.1 Å². The number of rotatable bonds is 5. The molecular formula is C24H24F5NO4. The Morgan fingerprint density at radius 3 is 2.62 bits per heavy atom. The predicted octanol–water partition coefficient (Wildman–Crippen LogP) is 5.09. The van der Waals surface area contributed by atoms with E-state index in [0.29, 0.717) is 11.6 Å². The van der Waals surface area contributed by atoms with E-state index in [-0.39, 0.29) is 31.9 Å². The van der Waals surface area contributed by atoms with Gasteiger partial charge >= 0.3 is 6.18 Å². The molecule has 0 aliphatic carbocycles. The quantitative estimate of drug-likeness (QED) is 0.554. The van der Waals surface area contributed by atoms with E-state index in [4.69, 9.17) is 14.2 Å². The molecule has 2 aromatic carbocycles. The summed E-state index contributed by atoms with van der Waals surface area (Å²) in [5.41, 5.74) is -3.53. The summed E-state index contributed by atoms with van der Waals surface area (Å²) >= 11 is 0. The van der Waals surface area contributed by atoms with Crippen LogP contribution < -0.4 is 4.74 Å². The highest BCUT2D eigenvalue weighted by Gasteiger charge is 2.51. The summed E-state index contributed by atoms with van der Waals surface area (Å²) in [5, 5.41) is 0. The fraction of sp³-hybridized carbons (Fsp3) is 0.458. The summed E-state index contributed by atoms with van der Waals surface area (Å²) in [5.74, 6) is -1.60. The molecule has 184 valence electrons. The van der Waals surface area contributed by atoms with Gasteiger partial charge in [-0.15, -0.1) is 0 Å². The molecule has 2 atom stereocenters. The van der Waals surface area contributed by atoms with Gasteiger partial charge in [-0.05, 0) is 49.7 Å². The fourth-order valence-electron chi connectivity index (χ4n) is 4.27. The number of alkyl halides is 4. The second-order valence-electron chi connectivity index (χ2n) is 9.03. The molecule has 2 heterocycles. The third-order valence-corrected chi connectivity index (χ3v) is 5.95. The number of amides is 1. The molecule has 0 N–H and O–H groups in total. The summed E-state index contributed by atoms with van der Waals surface area (Å²) in [6, 6.07) is 8.90. The van der Waals surface area contributed by atoms with Gasteiger partial charge in [-0.1, -0.05) is 12.1 Å². The normalized spacial score (nSPS) is 23.0. The number of carbonyl (C=O) groups is 1. The molecule has 0 radical (unpaired) electrons. The average Bonchev–Trinajstić information content (AvgIpc) is 3.20. The number of likely N-dealkylation sites (tertiary alicyclic amines) is 1. The number of ether oxygens (including phenoxy) is 3. The minimum absolute atomic E-state index is 0.0433. The molecule has 0 saturated carbocycles. The van der Waals surface area contributed by atoms with Crippen molar-refractivity contribution in [3.05, 3.63) is 65.0 Å². The number of hydrogen-bond donors (Lipinski definition) is 0. The van der Waals surface area contributed by atoms with Crippen molar-refractivity contribution < 1.29 is 41.0 Å². The van der Waals surface area contributed by atoms with E-state index in [1.165, 1.54) is 36.9 Å². The third-order valence-electron chi connectivity index (χ3n) is 5.95. The van der Waals surface area contributed by atoms with Gasteiger partial charge in [0, 0.05) is 18.5 Å². The van der Waals surface area contributed by atoms with E-state index in [2.05, 4.69) is 0 Å². The fourth-order valence-corrected chi connectivity index (χ4v) is 4.27. The Balaban J connectivity index is 1.56. The van der Waals surface area contributed by atoms with Crippen LogP contribution in [0.15, 0.2) is 42.5 Å². The molecule has 2 aliphatic rings. The first-order chi connectivity index (χ1) is 15.9. The van der Waals surface area contributed by atoms with Crippen molar-refractivity contribution in [2.45, 2.75) is 43.8 Å². The van der Waals surface area contributed by atoms with Crippen LogP contribution in [-0.2, 0) is 21.3 Å². The SMILES string of the molecule is CC(C)(F)COc1ccc(C(=O)N2CCC3(c4cccc(F)c4)OCOC3C2)cc1C(F)(F)F. The lowest BCUT2D eigenvalue weighted by atomic mass is 9.82. The van der Waals surface area contributed by atoms with Crippen molar-refractivity contribution in [2.24, 2.45) is 0 Å². The van der Waals surface area contributed by atoms with Crippen LogP contribution in [0.1, 0.15) is 41.8 Å². The van der Waals surface area contributed by atoms with Gasteiger partial charge in [-0.25, -0.2) is 8.78 Å². The van der Waals surface area contributed by atoms with Gasteiger partial charge in [-0.2, -0.15) is 13.2 Å². The molecule has 4 rings (SSSR count). The molecule has 2 saturated heterocycles. The number of nitrogens with zero attached hydrogens (tertiary/aromatic N) is 1. The topological polar surface area (TPSA) is 48.0 Å². The van der Waals surface area contributed by atoms with Gasteiger partial charge in [0.25, 0.3) is 5.91 Å². The number of hydrogen-bond acceptors (Lipinski definition) is 4. The van der Waals surface area contributed by atoms with Crippen LogP contribution in [0, 0.1) is 5.82 Å². The number of fused-ring (bicyclic) bond motifs is 1. The number of benzene rings is 2. The first-order valence-electron chi connectivity index (χ1n) is 10.7. The summed E-state index contributed by atoms with van der Waals surface area (Å²) < 4.78 is 85.0. The summed E-state index contributed by atoms with van der Waals surface area (Å²) in [4.78, 5) is 14.5. The molecule has 2 unspecified atom stereocenters. The Morgan fingerprint density at radius 1 is 1.18 bits per heavy atom. The van der Waals surface area contributed by atoms with Gasteiger partial charge in [0.15, 0.2) is 0 Å². The minimum Gasteiger partial charge on any atom is -0.490 e. The molecule has 2 aliphatic heterocycles. The maximum absolute atomic E-state index is 13.8. The van der Waals surface area contributed by atoms with Crippen LogP contribution in [0.25, 0.3) is 0 Å². The summed E-state index contributed by atoms with van der Waals surface area (Å²) in [6.45, 7) is 1.99. The summed E-state index contributed by atoms with van der Waals surface area (Å²) in [7, 11) is 0. The van der Waals surface area contributed by atoms with Gasteiger partial charge in [-0.3, -0.25) is 4.79 Å². The van der Waals surface area contributed by atoms with E-state index in [1.54, 1.807) is 12.1 Å². The Labute approximate surface area is 193 Å². The lowest BCUT2D eigenvalue weighted by Crippen LogP contribution is -2.53. The number of piperidine rings is 1. The van der Waals surface area contributed by atoms with Crippen LogP contribution >= 0.6 is 0 Å². The lowest BCUT2D eigenvalue weighted by molar-refractivity contribution is -0.139. The van der Waals surface area contributed by atoms with Crippen LogP contribution in [0.4, 0.5) is 22.0 Å². The molecule has 2 fully saturated rings. The van der Waals surface area contributed by atoms with Crippen molar-refractivity contribution in [2.75, 3.05) is 26.5 Å². The second-order valence-corrected chi connectivity index (χ2v) is 9.03. The van der Waals surface area contributed by atoms with Crippen LogP contribution in [0.5, 0.6) is 5.75 Å². The second kappa shape index (κ2) is 8.81. The summed E-state index contributed by atoms with van der Waals surface area (Å²) in [6.07, 6.45) is -5.13. The predicted molar refractivity (Wildman–Crippen MR) is 112 cm³/mol. The highest BCUT2D eigenvalue weighted by Crippen LogP contribution is 2.43. The molecule has 0 spiro atoms. The molecule has 10 heteroatoms. The molecule has 0 aromatic heterocycles. The monoisotopic (exact) mass is 485 g/mol. The van der Waals surface area contributed by atoms with Crippen molar-refractivity contribution in [3.8, 4) is 5.75 Å². The highest BCUT2D eigenvalue weighted by atomic mass is 19.4. The molecule has 0 bridgehead atoms. The Morgan fingerprint density at radius 2 is 1.94 bits per heavy atom. The van der Waals surface area contributed by atoms with Crippen molar-refractivity contribution in [3.63, 3.8) is 0 Å². The Kier molecular flexibility index (Phi) is 6.32. The van der Waals surface area contributed by atoms with Crippen LogP contribution in [0.3, 0.4) is 0 Å². The Hall–Kier alpha value is -2.72. The number of halogens is 5. The number of carbonyl (C=O) groups excluding carboxylic acids is 1. The van der Waals surface area contributed by atoms with Crippen LogP contribution in [0.2, 0.25) is 0 Å². The zero-order chi connectivity index (χ0) is 24.7. The van der Waals surface area contributed by atoms with Crippen molar-refractivity contribution in [1.82, 2.24) is 4.90 Å². The largest absolute Gasteiger partial charge is 0.490 e. The standard InChI is InChI=1S/C24H24F5NO4/c1-22(2,26)13-32-19-7-6-15(10-18(19)24(27,28)29)21(31)30-9-8-23(20(12-30)33-14-34-23)16-4-3-5-17(25)11-16/h3-7,10-11,20H,8-9,12-14H2,1-2H3. The van der Waals surface area contributed by atoms with Crippen molar-refractivity contribution in [1.29, 1.82) is 0 Å². The molecule has 34 heavy (non-hydrogen) atoms. The maximum atomic E-state index is 13.8. The molecule has 2 aromatic rings. The third kappa shape index (κ3) is 4.88. The molecule has 1 amide bonds. The molecule has 5 nitrogen and oxygen atoms in total. The zero-order valence-electron chi connectivity index (χ0n) is 18.6. The zero-order valence-corrected chi connectivity index (χ0v) is 18.6. The first-order valence-corrected chi connectivity index (χ1v) is 10.7. The molecular weight excluding hydrogens is 461 g/mol. The van der Waals surface area contributed by atoms with E-state index < -0.39 is 53.2 Å². The van der Waals surface area contributed by atoms with E-state index in [1.807, 2.05) is 0 Å². The Bertz CT molecular complexity index is 1070. The van der Waals surface area contributed by atoms with Gasteiger partial charge in [0.05, 0.1) is 12.1 Å². The van der Waals surface area contributed by atoms with E-state index >= 15 is 0 Å². The van der Waals surface area contributed by atoms with Crippen molar-refractivity contribution >= 4 is 5.91 Å². The smallest absolute Gasteiger partial charge is 0.419 e. The van der Waals surface area contributed by atoms with Crippen LogP contribution in [-0.4, -0.2) is 49.1 Å². The first kappa shape index (κ1) is 24.4.